The lowest BCUT2D eigenvalue weighted by Crippen LogP contribution is -2.08. The molecule has 0 unspecified atom stereocenters. The molecule has 0 fully saturated rings. The molecule has 94 valence electrons. The van der Waals surface area contributed by atoms with Crippen molar-refractivity contribution < 1.29 is 14.5 Å². The highest BCUT2D eigenvalue weighted by molar-refractivity contribution is 6.32. The topological polar surface area (TPSA) is 95.5 Å². The number of carbonyl (C=O) groups is 1. The van der Waals surface area contributed by atoms with Crippen LogP contribution in [-0.2, 0) is 4.79 Å². The number of nitrogens with two attached hydrogens (primary N) is 1. The number of benzene rings is 1. The number of carbonyl (C=O) groups excluding carboxylic acids is 1. The van der Waals surface area contributed by atoms with Crippen molar-refractivity contribution in [1.29, 1.82) is 0 Å². The van der Waals surface area contributed by atoms with Gasteiger partial charge in [0.2, 0.25) is 5.91 Å². The molecule has 0 aromatic heterocycles. The number of nitro benzene ring substituents is 1. The third kappa shape index (κ3) is 3.37. The summed E-state index contributed by atoms with van der Waals surface area (Å²) in [6, 6.07) is 2.49. The van der Waals surface area contributed by atoms with E-state index in [1.54, 1.807) is 0 Å². The van der Waals surface area contributed by atoms with E-state index in [0.29, 0.717) is 0 Å². The van der Waals surface area contributed by atoms with E-state index in [1.807, 2.05) is 0 Å². The molecule has 0 aliphatic heterocycles. The van der Waals surface area contributed by atoms with Crippen molar-refractivity contribution in [2.45, 2.75) is 6.42 Å². The van der Waals surface area contributed by atoms with Crippen molar-refractivity contribution in [3.05, 3.63) is 32.8 Å². The Hall–Kier alpha value is -2.26. The molecule has 0 spiro atoms. The third-order valence-electron chi connectivity index (χ3n) is 1.95. The van der Waals surface area contributed by atoms with Gasteiger partial charge in [-0.1, -0.05) is 23.4 Å². The van der Waals surface area contributed by atoms with Gasteiger partial charge in [-0.3, -0.25) is 14.9 Å². The number of rotatable bonds is 3. The molecule has 18 heavy (non-hydrogen) atoms. The molecule has 0 saturated heterocycles. The maximum atomic E-state index is 10.8. The average Bonchev–Trinajstić information content (AvgIpc) is 2.29. The summed E-state index contributed by atoms with van der Waals surface area (Å²) >= 11 is 5.88. The van der Waals surface area contributed by atoms with Gasteiger partial charge in [0.25, 0.3) is 0 Å². The van der Waals surface area contributed by atoms with Gasteiger partial charge in [-0.2, -0.15) is 0 Å². The number of primary amides is 1. The van der Waals surface area contributed by atoms with E-state index >= 15 is 0 Å². The van der Waals surface area contributed by atoms with Crippen LogP contribution in [0.2, 0.25) is 5.02 Å². The van der Waals surface area contributed by atoms with Crippen molar-refractivity contribution >= 4 is 23.2 Å². The Morgan fingerprint density at radius 1 is 1.61 bits per heavy atom. The van der Waals surface area contributed by atoms with Crippen molar-refractivity contribution in [2.24, 2.45) is 5.73 Å². The molecule has 0 saturated carbocycles. The number of nitro groups is 1. The van der Waals surface area contributed by atoms with Gasteiger partial charge in [0, 0.05) is 12.1 Å². The first-order chi connectivity index (χ1) is 8.45. The normalized spacial score (nSPS) is 9.22. The molecule has 2 N–H and O–H groups in total. The van der Waals surface area contributed by atoms with E-state index in [1.165, 1.54) is 19.2 Å². The third-order valence-corrected chi connectivity index (χ3v) is 2.26. The average molecular weight is 269 g/mol. The van der Waals surface area contributed by atoms with Crippen LogP contribution < -0.4 is 10.5 Å². The van der Waals surface area contributed by atoms with Gasteiger partial charge in [-0.25, -0.2) is 0 Å². The molecule has 0 radical (unpaired) electrons. The van der Waals surface area contributed by atoms with E-state index in [4.69, 9.17) is 22.1 Å². The van der Waals surface area contributed by atoms with Gasteiger partial charge in [0.15, 0.2) is 5.75 Å². The first kappa shape index (κ1) is 13.8. The Morgan fingerprint density at radius 2 is 2.28 bits per heavy atom. The standard InChI is InChI=1S/C11H9ClN2O4/c1-18-10-6-8(12)7(3-2-4-11(13)15)5-9(10)14(16)17/h5-6H,4H2,1H3,(H2,13,15). The summed E-state index contributed by atoms with van der Waals surface area (Å²) in [7, 11) is 1.30. The van der Waals surface area contributed by atoms with E-state index in [2.05, 4.69) is 11.8 Å². The second kappa shape index (κ2) is 5.89. The zero-order valence-corrected chi connectivity index (χ0v) is 10.2. The van der Waals surface area contributed by atoms with Crippen molar-refractivity contribution in [1.82, 2.24) is 0 Å². The fraction of sp³-hybridized carbons (Fsp3) is 0.182. The van der Waals surface area contributed by atoms with E-state index in [9.17, 15) is 14.9 Å². The summed E-state index contributed by atoms with van der Waals surface area (Å²) in [5.41, 5.74) is 4.91. The molecular formula is C11H9ClN2O4. The van der Waals surface area contributed by atoms with E-state index in [-0.39, 0.29) is 28.4 Å². The van der Waals surface area contributed by atoms with Crippen LogP contribution in [0, 0.1) is 22.0 Å². The summed E-state index contributed by atoms with van der Waals surface area (Å²) in [5, 5.41) is 11.0. The predicted octanol–water partition coefficient (Wildman–Crippen LogP) is 1.48. The molecule has 0 bridgehead atoms. The summed E-state index contributed by atoms with van der Waals surface area (Å²) in [6.07, 6.45) is -0.143. The highest BCUT2D eigenvalue weighted by Gasteiger charge is 2.17. The summed E-state index contributed by atoms with van der Waals surface area (Å²) in [6.45, 7) is 0. The Morgan fingerprint density at radius 3 is 2.78 bits per heavy atom. The van der Waals surface area contributed by atoms with Gasteiger partial charge in [0.1, 0.15) is 0 Å². The van der Waals surface area contributed by atoms with Crippen LogP contribution in [0.3, 0.4) is 0 Å². The minimum absolute atomic E-state index is 0.0467. The summed E-state index contributed by atoms with van der Waals surface area (Å²) < 4.78 is 4.84. The smallest absolute Gasteiger partial charge is 0.312 e. The summed E-state index contributed by atoms with van der Waals surface area (Å²) in [5.74, 6) is 4.49. The Labute approximate surface area is 108 Å². The minimum Gasteiger partial charge on any atom is -0.490 e. The molecule has 6 nitrogen and oxygen atoms in total. The molecule has 1 aromatic rings. The van der Waals surface area contributed by atoms with Crippen LogP contribution in [0.25, 0.3) is 0 Å². The lowest BCUT2D eigenvalue weighted by atomic mass is 10.2. The Kier molecular flexibility index (Phi) is 4.52. The largest absolute Gasteiger partial charge is 0.490 e. The van der Waals surface area contributed by atoms with Gasteiger partial charge < -0.3 is 10.5 Å². The number of hydrogen-bond donors (Lipinski definition) is 1. The van der Waals surface area contributed by atoms with E-state index < -0.39 is 10.8 Å². The van der Waals surface area contributed by atoms with Crippen molar-refractivity contribution in [3.63, 3.8) is 0 Å². The Bertz CT molecular complexity index is 560. The molecule has 1 aromatic carbocycles. The molecule has 1 amide bonds. The molecule has 0 aliphatic rings. The number of ether oxygens (including phenoxy) is 1. The zero-order chi connectivity index (χ0) is 13.7. The number of nitrogens with zero attached hydrogens (tertiary/aromatic N) is 1. The molecule has 0 aliphatic carbocycles. The van der Waals surface area contributed by atoms with Crippen LogP contribution in [0.1, 0.15) is 12.0 Å². The SMILES string of the molecule is COc1cc(Cl)c(C#CCC(N)=O)cc1[N+](=O)[O-]. The van der Waals surface area contributed by atoms with Crippen molar-refractivity contribution in [3.8, 4) is 17.6 Å². The van der Waals surface area contributed by atoms with Gasteiger partial charge >= 0.3 is 5.69 Å². The van der Waals surface area contributed by atoms with Gasteiger partial charge in [-0.15, -0.1) is 0 Å². The second-order valence-corrected chi connectivity index (χ2v) is 3.61. The number of amides is 1. The first-order valence-corrected chi connectivity index (χ1v) is 5.12. The Balaban J connectivity index is 3.20. The van der Waals surface area contributed by atoms with Crippen LogP contribution in [0.15, 0.2) is 12.1 Å². The predicted molar refractivity (Wildman–Crippen MR) is 65.3 cm³/mol. The van der Waals surface area contributed by atoms with Crippen LogP contribution in [0.5, 0.6) is 5.75 Å². The van der Waals surface area contributed by atoms with Gasteiger partial charge in [-0.05, 0) is 0 Å². The van der Waals surface area contributed by atoms with Crippen molar-refractivity contribution in [2.75, 3.05) is 7.11 Å². The highest BCUT2D eigenvalue weighted by atomic mass is 35.5. The van der Waals surface area contributed by atoms with Crippen LogP contribution in [-0.4, -0.2) is 17.9 Å². The zero-order valence-electron chi connectivity index (χ0n) is 9.40. The number of hydrogen-bond acceptors (Lipinski definition) is 4. The molecular weight excluding hydrogens is 260 g/mol. The minimum atomic E-state index is -0.603. The molecule has 1 rings (SSSR count). The first-order valence-electron chi connectivity index (χ1n) is 4.74. The van der Waals surface area contributed by atoms with Gasteiger partial charge in [0.05, 0.1) is 29.0 Å². The van der Waals surface area contributed by atoms with E-state index in [0.717, 1.165) is 0 Å². The molecule has 7 heteroatoms. The highest BCUT2D eigenvalue weighted by Crippen LogP contribution is 2.32. The maximum Gasteiger partial charge on any atom is 0.312 e. The molecule has 0 heterocycles. The second-order valence-electron chi connectivity index (χ2n) is 3.21. The maximum absolute atomic E-state index is 10.8. The summed E-state index contributed by atoms with van der Waals surface area (Å²) in [4.78, 5) is 20.7. The quantitative estimate of drug-likeness (QED) is 0.510. The monoisotopic (exact) mass is 268 g/mol. The lowest BCUT2D eigenvalue weighted by Gasteiger charge is -2.03. The fourth-order valence-corrected chi connectivity index (χ4v) is 1.37. The number of methoxy groups -OCH3 is 1. The van der Waals surface area contributed by atoms with Crippen LogP contribution in [0.4, 0.5) is 5.69 Å². The molecule has 0 atom stereocenters. The lowest BCUT2D eigenvalue weighted by molar-refractivity contribution is -0.385. The number of halogens is 1. The fourth-order valence-electron chi connectivity index (χ4n) is 1.17. The van der Waals surface area contributed by atoms with Crippen LogP contribution >= 0.6 is 11.6 Å².